The first-order valence-electron chi connectivity index (χ1n) is 6.96. The lowest BCUT2D eigenvalue weighted by Gasteiger charge is -2.41. The summed E-state index contributed by atoms with van der Waals surface area (Å²) in [6.07, 6.45) is 2.78. The van der Waals surface area contributed by atoms with E-state index in [9.17, 15) is 0 Å². The second kappa shape index (κ2) is 5.10. The molecule has 2 rings (SSSR count). The summed E-state index contributed by atoms with van der Waals surface area (Å²) in [7, 11) is 0. The van der Waals surface area contributed by atoms with Crippen LogP contribution in [-0.4, -0.2) is 47.6 Å². The summed E-state index contributed by atoms with van der Waals surface area (Å²) < 4.78 is 0.443. The van der Waals surface area contributed by atoms with Crippen LogP contribution in [0.15, 0.2) is 0 Å². The summed E-state index contributed by atoms with van der Waals surface area (Å²) in [6.45, 7) is 14.5. The highest BCUT2D eigenvalue weighted by Crippen LogP contribution is 2.31. The summed E-state index contributed by atoms with van der Waals surface area (Å²) in [4.78, 5) is 2.66. The minimum Gasteiger partial charge on any atom is -0.313 e. The van der Waals surface area contributed by atoms with Crippen molar-refractivity contribution in [3.63, 3.8) is 0 Å². The van der Waals surface area contributed by atoms with Crippen LogP contribution < -0.4 is 5.32 Å². The predicted octanol–water partition coefficient (Wildman–Crippen LogP) is 2.59. The van der Waals surface area contributed by atoms with Gasteiger partial charge in [0.1, 0.15) is 0 Å². The first-order valence-corrected chi connectivity index (χ1v) is 7.95. The van der Waals surface area contributed by atoms with Crippen LogP contribution in [-0.2, 0) is 0 Å². The van der Waals surface area contributed by atoms with Crippen LogP contribution in [0.2, 0.25) is 0 Å². The average Bonchev–Trinajstić information content (AvgIpc) is 2.95. The van der Waals surface area contributed by atoms with E-state index in [1.54, 1.807) is 0 Å². The normalized spacial score (nSPS) is 26.1. The molecule has 2 nitrogen and oxygen atoms in total. The smallest absolute Gasteiger partial charge is 0.0231 e. The van der Waals surface area contributed by atoms with Crippen LogP contribution in [0.5, 0.6) is 0 Å². The summed E-state index contributed by atoms with van der Waals surface area (Å²) in [5, 5.41) is 3.68. The molecule has 0 atom stereocenters. The molecule has 1 N–H and O–H groups in total. The Labute approximate surface area is 111 Å². The summed E-state index contributed by atoms with van der Waals surface area (Å²) in [6, 6.07) is 0.836. The minimum atomic E-state index is 0.403. The van der Waals surface area contributed by atoms with Gasteiger partial charge < -0.3 is 10.2 Å². The zero-order valence-corrected chi connectivity index (χ0v) is 12.7. The van der Waals surface area contributed by atoms with E-state index in [4.69, 9.17) is 0 Å². The average molecular weight is 256 g/mol. The van der Waals surface area contributed by atoms with E-state index in [2.05, 4.69) is 49.7 Å². The van der Waals surface area contributed by atoms with Crippen molar-refractivity contribution in [1.29, 1.82) is 0 Å². The van der Waals surface area contributed by atoms with Gasteiger partial charge in [-0.15, -0.1) is 0 Å². The molecule has 100 valence electrons. The SMILES string of the molecule is CC(C)(CNC1CC1)CN1CCSC(C)(C)C1. The van der Waals surface area contributed by atoms with Gasteiger partial charge in [-0.1, -0.05) is 13.8 Å². The molecule has 0 aromatic carbocycles. The van der Waals surface area contributed by atoms with Crippen molar-refractivity contribution in [1.82, 2.24) is 10.2 Å². The van der Waals surface area contributed by atoms with Gasteiger partial charge in [0.25, 0.3) is 0 Å². The van der Waals surface area contributed by atoms with Gasteiger partial charge in [0.15, 0.2) is 0 Å². The lowest BCUT2D eigenvalue weighted by atomic mass is 9.92. The van der Waals surface area contributed by atoms with Crippen LogP contribution in [0.1, 0.15) is 40.5 Å². The Hall–Kier alpha value is 0.270. The van der Waals surface area contributed by atoms with Crippen molar-refractivity contribution < 1.29 is 0 Å². The van der Waals surface area contributed by atoms with Crippen molar-refractivity contribution in [3.8, 4) is 0 Å². The van der Waals surface area contributed by atoms with Crippen LogP contribution in [0.4, 0.5) is 0 Å². The zero-order valence-electron chi connectivity index (χ0n) is 11.9. The molecule has 2 aliphatic rings. The lowest BCUT2D eigenvalue weighted by molar-refractivity contribution is 0.168. The molecule has 1 heterocycles. The van der Waals surface area contributed by atoms with Crippen molar-refractivity contribution >= 4 is 11.8 Å². The molecule has 0 aromatic rings. The topological polar surface area (TPSA) is 15.3 Å². The van der Waals surface area contributed by atoms with Gasteiger partial charge in [0, 0.05) is 42.7 Å². The number of thioether (sulfide) groups is 1. The zero-order chi connectivity index (χ0) is 12.5. The highest BCUT2D eigenvalue weighted by atomic mass is 32.2. The Balaban J connectivity index is 1.77. The third kappa shape index (κ3) is 4.80. The van der Waals surface area contributed by atoms with E-state index in [0.29, 0.717) is 10.2 Å². The molecule has 0 radical (unpaired) electrons. The van der Waals surface area contributed by atoms with Crippen molar-refractivity contribution in [2.45, 2.75) is 51.3 Å². The van der Waals surface area contributed by atoms with Gasteiger partial charge >= 0.3 is 0 Å². The second-order valence-electron chi connectivity index (χ2n) is 7.14. The quantitative estimate of drug-likeness (QED) is 0.814. The first kappa shape index (κ1) is 13.7. The van der Waals surface area contributed by atoms with E-state index >= 15 is 0 Å². The standard InChI is InChI=1S/C14H28N2S/c1-13(2,9-15-12-5-6-12)10-16-7-8-17-14(3,4)11-16/h12,15H,5-11H2,1-4H3. The molecule has 0 unspecified atom stereocenters. The largest absolute Gasteiger partial charge is 0.313 e. The predicted molar refractivity (Wildman–Crippen MR) is 77.8 cm³/mol. The Morgan fingerprint density at radius 1 is 1.35 bits per heavy atom. The van der Waals surface area contributed by atoms with E-state index in [-0.39, 0.29) is 0 Å². The van der Waals surface area contributed by atoms with E-state index in [1.165, 1.54) is 44.8 Å². The molecule has 1 aliphatic heterocycles. The molecule has 1 saturated carbocycles. The number of hydrogen-bond donors (Lipinski definition) is 1. The summed E-state index contributed by atoms with van der Waals surface area (Å²) >= 11 is 2.12. The molecular weight excluding hydrogens is 228 g/mol. The monoisotopic (exact) mass is 256 g/mol. The molecule has 0 spiro atoms. The molecule has 0 bridgehead atoms. The molecule has 17 heavy (non-hydrogen) atoms. The Morgan fingerprint density at radius 3 is 2.65 bits per heavy atom. The maximum atomic E-state index is 3.68. The maximum absolute atomic E-state index is 3.68. The third-order valence-electron chi connectivity index (χ3n) is 3.60. The third-order valence-corrected chi connectivity index (χ3v) is 4.90. The van der Waals surface area contributed by atoms with Crippen molar-refractivity contribution in [2.24, 2.45) is 5.41 Å². The van der Waals surface area contributed by atoms with Gasteiger partial charge in [0.2, 0.25) is 0 Å². The Morgan fingerprint density at radius 2 is 2.06 bits per heavy atom. The van der Waals surface area contributed by atoms with Crippen LogP contribution in [0.25, 0.3) is 0 Å². The van der Waals surface area contributed by atoms with Gasteiger partial charge in [-0.25, -0.2) is 0 Å². The van der Waals surface area contributed by atoms with E-state index in [0.717, 1.165) is 6.04 Å². The second-order valence-corrected chi connectivity index (χ2v) is 8.94. The number of nitrogens with one attached hydrogen (secondary N) is 1. The van der Waals surface area contributed by atoms with Gasteiger partial charge in [-0.3, -0.25) is 0 Å². The molecule has 0 amide bonds. The Kier molecular flexibility index (Phi) is 4.11. The highest BCUT2D eigenvalue weighted by Gasteiger charge is 2.31. The molecule has 1 saturated heterocycles. The maximum Gasteiger partial charge on any atom is 0.0231 e. The van der Waals surface area contributed by atoms with Crippen molar-refractivity contribution in [2.75, 3.05) is 31.9 Å². The number of hydrogen-bond acceptors (Lipinski definition) is 3. The fourth-order valence-electron chi connectivity index (χ4n) is 2.62. The summed E-state index contributed by atoms with van der Waals surface area (Å²) in [5.74, 6) is 1.29. The van der Waals surface area contributed by atoms with Gasteiger partial charge in [-0.05, 0) is 32.1 Å². The molecule has 0 aromatic heterocycles. The minimum absolute atomic E-state index is 0.403. The highest BCUT2D eigenvalue weighted by molar-refractivity contribution is 8.00. The Bertz CT molecular complexity index is 259. The van der Waals surface area contributed by atoms with Crippen LogP contribution in [0.3, 0.4) is 0 Å². The van der Waals surface area contributed by atoms with Crippen molar-refractivity contribution in [3.05, 3.63) is 0 Å². The molecule has 3 heteroatoms. The fraction of sp³-hybridized carbons (Fsp3) is 1.00. The number of nitrogens with zero attached hydrogens (tertiary/aromatic N) is 1. The summed E-state index contributed by atoms with van der Waals surface area (Å²) in [5.41, 5.74) is 0.403. The van der Waals surface area contributed by atoms with E-state index in [1.807, 2.05) is 0 Å². The lowest BCUT2D eigenvalue weighted by Crippen LogP contribution is -2.48. The number of rotatable bonds is 5. The fourth-order valence-corrected chi connectivity index (χ4v) is 3.79. The molecular formula is C14H28N2S. The van der Waals surface area contributed by atoms with E-state index < -0.39 is 0 Å². The van der Waals surface area contributed by atoms with Crippen LogP contribution in [0, 0.1) is 5.41 Å². The first-order chi connectivity index (χ1) is 7.86. The molecule has 2 fully saturated rings. The molecule has 1 aliphatic carbocycles. The van der Waals surface area contributed by atoms with Gasteiger partial charge in [0.05, 0.1) is 0 Å². The van der Waals surface area contributed by atoms with Gasteiger partial charge in [-0.2, -0.15) is 11.8 Å². The van der Waals surface area contributed by atoms with Crippen LogP contribution >= 0.6 is 11.8 Å².